The normalized spacial score (nSPS) is 12.3. The van der Waals surface area contributed by atoms with E-state index in [0.717, 1.165) is 12.8 Å². The number of carbonyl (C=O) groups is 1. The zero-order valence-electron chi connectivity index (χ0n) is 13.7. The number of rotatable bonds is 5. The highest BCUT2D eigenvalue weighted by atomic mass is 16.5. The monoisotopic (exact) mass is 276 g/mol. The number of hydrogen-bond donors (Lipinski definition) is 0. The van der Waals surface area contributed by atoms with Gasteiger partial charge in [0.25, 0.3) is 0 Å². The molecule has 0 N–H and O–H groups in total. The van der Waals surface area contributed by atoms with Crippen LogP contribution in [0.1, 0.15) is 64.7 Å². The third kappa shape index (κ3) is 5.36. The molecule has 20 heavy (non-hydrogen) atoms. The second kappa shape index (κ2) is 6.43. The summed E-state index contributed by atoms with van der Waals surface area (Å²) in [6.07, 6.45) is 2.12. The first kappa shape index (κ1) is 16.7. The van der Waals surface area contributed by atoms with Gasteiger partial charge in [-0.2, -0.15) is 0 Å². The Hall–Kier alpha value is -1.31. The fourth-order valence-corrected chi connectivity index (χ4v) is 1.97. The minimum absolute atomic E-state index is 0.129. The van der Waals surface area contributed by atoms with Gasteiger partial charge in [-0.25, -0.2) is 0 Å². The van der Waals surface area contributed by atoms with E-state index >= 15 is 0 Å². The molecule has 2 nitrogen and oxygen atoms in total. The van der Waals surface area contributed by atoms with Crippen molar-refractivity contribution in [2.45, 2.75) is 54.4 Å². The lowest BCUT2D eigenvalue weighted by molar-refractivity contribution is 0.0853. The number of para-hydroxylation sites is 1. The minimum Gasteiger partial charge on any atom is -0.493 e. The van der Waals surface area contributed by atoms with E-state index in [2.05, 4.69) is 20.8 Å². The maximum Gasteiger partial charge on any atom is 0.171 e. The summed E-state index contributed by atoms with van der Waals surface area (Å²) in [5.74, 6) is 0.838. The molecule has 1 aromatic carbocycles. The molecule has 0 unspecified atom stereocenters. The van der Waals surface area contributed by atoms with Crippen molar-refractivity contribution in [3.63, 3.8) is 0 Å². The van der Waals surface area contributed by atoms with Gasteiger partial charge in [-0.05, 0) is 30.4 Å². The largest absolute Gasteiger partial charge is 0.493 e. The lowest BCUT2D eigenvalue weighted by Gasteiger charge is -2.20. The average Bonchev–Trinajstić information content (AvgIpc) is 2.32. The molecule has 0 spiro atoms. The van der Waals surface area contributed by atoms with Gasteiger partial charge in [0.05, 0.1) is 12.2 Å². The molecule has 0 amide bonds. The van der Waals surface area contributed by atoms with E-state index in [-0.39, 0.29) is 11.2 Å². The standard InChI is InChI=1S/C18H28O2/c1-17(2,3)12-9-13-20-15-11-8-7-10-14(15)16(19)18(4,5)6/h7-8,10-11H,9,12-13H2,1-6H3. The van der Waals surface area contributed by atoms with Crippen molar-refractivity contribution in [1.82, 2.24) is 0 Å². The smallest absolute Gasteiger partial charge is 0.171 e. The first-order valence-corrected chi connectivity index (χ1v) is 7.38. The van der Waals surface area contributed by atoms with Crippen LogP contribution in [0.25, 0.3) is 0 Å². The van der Waals surface area contributed by atoms with Crippen LogP contribution in [0.4, 0.5) is 0 Å². The molecule has 1 aromatic rings. The Bertz CT molecular complexity index is 447. The molecule has 0 heterocycles. The highest BCUT2D eigenvalue weighted by Gasteiger charge is 2.25. The van der Waals surface area contributed by atoms with E-state index in [4.69, 9.17) is 4.74 Å². The second-order valence-corrected chi connectivity index (χ2v) is 7.59. The molecule has 0 bridgehead atoms. The van der Waals surface area contributed by atoms with Crippen LogP contribution in [-0.2, 0) is 0 Å². The van der Waals surface area contributed by atoms with Crippen molar-refractivity contribution < 1.29 is 9.53 Å². The number of benzene rings is 1. The van der Waals surface area contributed by atoms with Crippen LogP contribution in [0.3, 0.4) is 0 Å². The molecule has 0 aliphatic rings. The molecule has 0 saturated carbocycles. The van der Waals surface area contributed by atoms with E-state index in [0.29, 0.717) is 23.3 Å². The molecule has 0 aliphatic heterocycles. The van der Waals surface area contributed by atoms with Crippen molar-refractivity contribution in [1.29, 1.82) is 0 Å². The maximum atomic E-state index is 12.4. The summed E-state index contributed by atoms with van der Waals surface area (Å²) in [5.41, 5.74) is 0.630. The Labute approximate surface area is 123 Å². The quantitative estimate of drug-likeness (QED) is 0.551. The lowest BCUT2D eigenvalue weighted by atomic mass is 9.86. The molecule has 0 fully saturated rings. The summed E-state index contributed by atoms with van der Waals surface area (Å²) in [5, 5.41) is 0. The van der Waals surface area contributed by atoms with Gasteiger partial charge < -0.3 is 4.74 Å². The van der Waals surface area contributed by atoms with Gasteiger partial charge in [0.1, 0.15) is 5.75 Å². The molecule has 0 atom stereocenters. The first-order chi connectivity index (χ1) is 9.11. The van der Waals surface area contributed by atoms with Crippen molar-refractivity contribution in [2.75, 3.05) is 6.61 Å². The van der Waals surface area contributed by atoms with Crippen molar-refractivity contribution in [2.24, 2.45) is 10.8 Å². The summed E-state index contributed by atoms with van der Waals surface area (Å²) in [6, 6.07) is 7.54. The van der Waals surface area contributed by atoms with Gasteiger partial charge in [0.15, 0.2) is 5.78 Å². The molecular weight excluding hydrogens is 248 g/mol. The number of ketones is 1. The fraction of sp³-hybridized carbons (Fsp3) is 0.611. The molecule has 0 radical (unpaired) electrons. The van der Waals surface area contributed by atoms with E-state index in [1.165, 1.54) is 0 Å². The van der Waals surface area contributed by atoms with Gasteiger partial charge in [-0.1, -0.05) is 53.7 Å². The molecule has 1 rings (SSSR count). The third-order valence-corrected chi connectivity index (χ3v) is 3.14. The summed E-state index contributed by atoms with van der Waals surface area (Å²) in [4.78, 5) is 12.4. The van der Waals surface area contributed by atoms with E-state index < -0.39 is 0 Å². The van der Waals surface area contributed by atoms with Crippen LogP contribution in [0, 0.1) is 10.8 Å². The van der Waals surface area contributed by atoms with Crippen LogP contribution in [0.5, 0.6) is 5.75 Å². The molecule has 2 heteroatoms. The SMILES string of the molecule is CC(C)(C)CCCOc1ccccc1C(=O)C(C)(C)C. The van der Waals surface area contributed by atoms with Crippen LogP contribution in [0.2, 0.25) is 0 Å². The molecule has 0 aliphatic carbocycles. The predicted octanol–water partition coefficient (Wildman–Crippen LogP) is 5.12. The van der Waals surface area contributed by atoms with Gasteiger partial charge in [0, 0.05) is 5.41 Å². The van der Waals surface area contributed by atoms with Crippen LogP contribution in [0.15, 0.2) is 24.3 Å². The van der Waals surface area contributed by atoms with Crippen molar-refractivity contribution in [3.05, 3.63) is 29.8 Å². The highest BCUT2D eigenvalue weighted by Crippen LogP contribution is 2.28. The first-order valence-electron chi connectivity index (χ1n) is 7.38. The molecule has 112 valence electrons. The van der Waals surface area contributed by atoms with Gasteiger partial charge >= 0.3 is 0 Å². The Balaban J connectivity index is 2.70. The summed E-state index contributed by atoms with van der Waals surface area (Å²) in [7, 11) is 0. The highest BCUT2D eigenvalue weighted by molar-refractivity contribution is 6.02. The summed E-state index contributed by atoms with van der Waals surface area (Å²) in [6.45, 7) is 13.1. The topological polar surface area (TPSA) is 26.3 Å². The lowest BCUT2D eigenvalue weighted by Crippen LogP contribution is -2.21. The summed E-state index contributed by atoms with van der Waals surface area (Å²) < 4.78 is 5.83. The Morgan fingerprint density at radius 3 is 2.20 bits per heavy atom. The van der Waals surface area contributed by atoms with Crippen LogP contribution in [-0.4, -0.2) is 12.4 Å². The fourth-order valence-electron chi connectivity index (χ4n) is 1.97. The number of Topliss-reactive ketones (excluding diaryl/α,β-unsaturated/α-hetero) is 1. The Kier molecular flexibility index (Phi) is 5.38. The Morgan fingerprint density at radius 2 is 1.65 bits per heavy atom. The summed E-state index contributed by atoms with van der Waals surface area (Å²) >= 11 is 0. The third-order valence-electron chi connectivity index (χ3n) is 3.14. The number of hydrogen-bond acceptors (Lipinski definition) is 2. The predicted molar refractivity (Wildman–Crippen MR) is 84.4 cm³/mol. The van der Waals surface area contributed by atoms with Crippen LogP contribution >= 0.6 is 0 Å². The molecule has 0 aromatic heterocycles. The van der Waals surface area contributed by atoms with E-state index in [1.807, 2.05) is 45.0 Å². The maximum absolute atomic E-state index is 12.4. The van der Waals surface area contributed by atoms with Crippen molar-refractivity contribution in [3.8, 4) is 5.75 Å². The van der Waals surface area contributed by atoms with E-state index in [1.54, 1.807) is 0 Å². The zero-order chi connectivity index (χ0) is 15.4. The number of carbonyl (C=O) groups excluding carboxylic acids is 1. The van der Waals surface area contributed by atoms with Gasteiger partial charge in [-0.15, -0.1) is 0 Å². The van der Waals surface area contributed by atoms with E-state index in [9.17, 15) is 4.79 Å². The average molecular weight is 276 g/mol. The van der Waals surface area contributed by atoms with Gasteiger partial charge in [-0.3, -0.25) is 4.79 Å². The molecule has 0 saturated heterocycles. The zero-order valence-corrected chi connectivity index (χ0v) is 13.7. The Morgan fingerprint density at radius 1 is 1.05 bits per heavy atom. The van der Waals surface area contributed by atoms with Gasteiger partial charge in [0.2, 0.25) is 0 Å². The van der Waals surface area contributed by atoms with Crippen molar-refractivity contribution >= 4 is 5.78 Å². The van der Waals surface area contributed by atoms with Crippen LogP contribution < -0.4 is 4.74 Å². The molecular formula is C18H28O2. The second-order valence-electron chi connectivity index (χ2n) is 7.59. The number of ether oxygens (including phenoxy) is 1. The minimum atomic E-state index is -0.384.